The van der Waals surface area contributed by atoms with Crippen LogP contribution >= 0.6 is 23.2 Å². The number of nitrogens with zero attached hydrogens (tertiary/aromatic N) is 2. The lowest BCUT2D eigenvalue weighted by molar-refractivity contribution is -0.119. The molecule has 2 amide bonds. The van der Waals surface area contributed by atoms with E-state index in [9.17, 15) is 27.2 Å². The van der Waals surface area contributed by atoms with Gasteiger partial charge in [-0.15, -0.1) is 0 Å². The Balaban J connectivity index is 2.16. The van der Waals surface area contributed by atoms with Crippen molar-refractivity contribution in [2.45, 2.75) is 6.18 Å². The van der Waals surface area contributed by atoms with E-state index in [0.29, 0.717) is 11.1 Å². The number of rotatable bonds is 6. The number of carbonyl (C=O) groups is 2. The van der Waals surface area contributed by atoms with Gasteiger partial charge in [0.05, 0.1) is 22.0 Å². The lowest BCUT2D eigenvalue weighted by Gasteiger charge is -2.28. The fourth-order valence-corrected chi connectivity index (χ4v) is 3.98. The van der Waals surface area contributed by atoms with E-state index >= 15 is 0 Å². The fraction of sp³-hybridized carbons (Fsp3) is 0.167. The van der Waals surface area contributed by atoms with Gasteiger partial charge in [-0.3, -0.25) is 9.59 Å². The summed E-state index contributed by atoms with van der Waals surface area (Å²) in [7, 11) is 2.50. The number of carbonyl (C=O) groups excluding carboxylic acids is 2. The van der Waals surface area contributed by atoms with Gasteiger partial charge in [0.25, 0.3) is 5.91 Å². The number of nitrogens with two attached hydrogens (primary N) is 1. The van der Waals surface area contributed by atoms with Crippen molar-refractivity contribution < 1.29 is 27.2 Å². The summed E-state index contributed by atoms with van der Waals surface area (Å²) in [6.07, 6.45) is -4.55. The molecule has 0 spiro atoms. The zero-order valence-corrected chi connectivity index (χ0v) is 20.0. The molecule has 184 valence electrons. The number of primary amides is 1. The molecule has 0 aliphatic heterocycles. The van der Waals surface area contributed by atoms with Gasteiger partial charge in [0.1, 0.15) is 12.4 Å². The molecule has 3 rings (SSSR count). The third kappa shape index (κ3) is 5.86. The standard InChI is InChI=1S/C24H19Cl2F4N3O2/c1-32(12-24(28,29)30)20-11-13(15-10-14(22(31)34)6-8-16(15)25)7-9-19(20)33(2)23(35)21-17(26)4-3-5-18(21)27/h3-11H,12H2,1-2H3,(H2,31,34). The molecule has 35 heavy (non-hydrogen) atoms. The van der Waals surface area contributed by atoms with Crippen LogP contribution in [-0.4, -0.2) is 38.6 Å². The highest BCUT2D eigenvalue weighted by Gasteiger charge is 2.31. The maximum Gasteiger partial charge on any atom is 0.405 e. The minimum Gasteiger partial charge on any atom is -0.366 e. The third-order valence-corrected chi connectivity index (χ3v) is 5.85. The summed E-state index contributed by atoms with van der Waals surface area (Å²) in [5.74, 6) is -2.43. The Bertz CT molecular complexity index is 1280. The normalized spacial score (nSPS) is 11.3. The second-order valence-corrected chi connectivity index (χ2v) is 8.51. The van der Waals surface area contributed by atoms with Gasteiger partial charge in [-0.25, -0.2) is 4.39 Å². The quantitative estimate of drug-likeness (QED) is 0.389. The van der Waals surface area contributed by atoms with Gasteiger partial charge in [0.15, 0.2) is 0 Å². The first-order valence-corrected chi connectivity index (χ1v) is 10.8. The Labute approximate surface area is 208 Å². The summed E-state index contributed by atoms with van der Waals surface area (Å²) in [6, 6.07) is 12.3. The fourth-order valence-electron chi connectivity index (χ4n) is 3.51. The summed E-state index contributed by atoms with van der Waals surface area (Å²) in [6.45, 7) is -1.33. The number of amides is 2. The van der Waals surface area contributed by atoms with Crippen LogP contribution in [0.2, 0.25) is 10.0 Å². The first-order chi connectivity index (χ1) is 16.3. The Kier molecular flexibility index (Phi) is 7.62. The maximum absolute atomic E-state index is 14.3. The SMILES string of the molecule is CN(CC(F)(F)F)c1cc(-c2cc(C(N)=O)ccc2Cl)ccc1N(C)C(=O)c1c(F)cccc1Cl. The molecule has 3 aromatic rings. The molecule has 5 nitrogen and oxygen atoms in total. The minimum absolute atomic E-state index is 0.00341. The molecule has 0 unspecified atom stereocenters. The summed E-state index contributed by atoms with van der Waals surface area (Å²) in [5, 5.41) is 0.0912. The van der Waals surface area contributed by atoms with Crippen molar-refractivity contribution in [1.82, 2.24) is 0 Å². The molecule has 3 aromatic carbocycles. The van der Waals surface area contributed by atoms with Crippen LogP contribution in [0.1, 0.15) is 20.7 Å². The monoisotopic (exact) mass is 527 g/mol. The Morgan fingerprint density at radius 1 is 0.943 bits per heavy atom. The third-order valence-electron chi connectivity index (χ3n) is 5.21. The van der Waals surface area contributed by atoms with Crippen molar-refractivity contribution in [1.29, 1.82) is 0 Å². The Hall–Kier alpha value is -3.30. The number of hydrogen-bond donors (Lipinski definition) is 1. The van der Waals surface area contributed by atoms with Crippen molar-refractivity contribution >= 4 is 46.4 Å². The van der Waals surface area contributed by atoms with Gasteiger partial charge < -0.3 is 15.5 Å². The second kappa shape index (κ2) is 10.1. The van der Waals surface area contributed by atoms with Gasteiger partial charge in [0.2, 0.25) is 5.91 Å². The molecule has 11 heteroatoms. The number of anilines is 2. The van der Waals surface area contributed by atoms with Crippen molar-refractivity contribution in [3.8, 4) is 11.1 Å². The lowest BCUT2D eigenvalue weighted by Crippen LogP contribution is -2.34. The highest BCUT2D eigenvalue weighted by Crippen LogP contribution is 2.38. The van der Waals surface area contributed by atoms with Gasteiger partial charge in [-0.1, -0.05) is 35.3 Å². The van der Waals surface area contributed by atoms with Crippen LogP contribution in [0.5, 0.6) is 0 Å². The van der Waals surface area contributed by atoms with E-state index in [1.807, 2.05) is 0 Å². The van der Waals surface area contributed by atoms with Crippen molar-refractivity contribution in [3.05, 3.63) is 81.6 Å². The Morgan fingerprint density at radius 2 is 1.63 bits per heavy atom. The highest BCUT2D eigenvalue weighted by atomic mass is 35.5. The largest absolute Gasteiger partial charge is 0.405 e. The molecular weight excluding hydrogens is 509 g/mol. The first kappa shape index (κ1) is 26.3. The smallest absolute Gasteiger partial charge is 0.366 e. The van der Waals surface area contributed by atoms with Gasteiger partial charge in [-0.05, 0) is 48.0 Å². The summed E-state index contributed by atoms with van der Waals surface area (Å²) < 4.78 is 54.0. The zero-order valence-electron chi connectivity index (χ0n) is 18.5. The van der Waals surface area contributed by atoms with Crippen molar-refractivity contribution in [3.63, 3.8) is 0 Å². The van der Waals surface area contributed by atoms with E-state index in [2.05, 4.69) is 0 Å². The van der Waals surface area contributed by atoms with Gasteiger partial charge in [-0.2, -0.15) is 13.2 Å². The van der Waals surface area contributed by atoms with Gasteiger partial charge >= 0.3 is 6.18 Å². The number of hydrogen-bond acceptors (Lipinski definition) is 3. The molecule has 2 N–H and O–H groups in total. The van der Waals surface area contributed by atoms with E-state index in [4.69, 9.17) is 28.9 Å². The molecule has 0 saturated heterocycles. The maximum atomic E-state index is 14.3. The summed E-state index contributed by atoms with van der Waals surface area (Å²) in [4.78, 5) is 26.6. The first-order valence-electron chi connectivity index (χ1n) is 10.0. The van der Waals surface area contributed by atoms with Crippen LogP contribution in [0.3, 0.4) is 0 Å². The number of alkyl halides is 3. The molecule has 0 aliphatic carbocycles. The van der Waals surface area contributed by atoms with Crippen LogP contribution in [0.4, 0.5) is 28.9 Å². The molecule has 0 radical (unpaired) electrons. The van der Waals surface area contributed by atoms with E-state index in [1.54, 1.807) is 0 Å². The topological polar surface area (TPSA) is 66.6 Å². The van der Waals surface area contributed by atoms with Crippen LogP contribution < -0.4 is 15.5 Å². The summed E-state index contributed by atoms with van der Waals surface area (Å²) >= 11 is 12.3. The van der Waals surface area contributed by atoms with Crippen molar-refractivity contribution in [2.24, 2.45) is 5.73 Å². The van der Waals surface area contributed by atoms with Crippen LogP contribution in [0.25, 0.3) is 11.1 Å². The zero-order chi connectivity index (χ0) is 26.1. The van der Waals surface area contributed by atoms with E-state index in [-0.39, 0.29) is 27.0 Å². The minimum atomic E-state index is -4.55. The van der Waals surface area contributed by atoms with Crippen molar-refractivity contribution in [2.75, 3.05) is 30.4 Å². The molecule has 0 heterocycles. The lowest BCUT2D eigenvalue weighted by atomic mass is 10.0. The molecule has 0 aliphatic rings. The number of benzene rings is 3. The van der Waals surface area contributed by atoms with E-state index in [1.165, 1.54) is 62.6 Å². The molecule has 0 saturated carbocycles. The summed E-state index contributed by atoms with van der Waals surface area (Å²) in [5.41, 5.74) is 5.86. The van der Waals surface area contributed by atoms with E-state index < -0.39 is 35.9 Å². The Morgan fingerprint density at radius 3 is 2.23 bits per heavy atom. The predicted molar refractivity (Wildman–Crippen MR) is 129 cm³/mol. The second-order valence-electron chi connectivity index (χ2n) is 7.69. The molecule has 0 bridgehead atoms. The highest BCUT2D eigenvalue weighted by molar-refractivity contribution is 6.34. The molecule has 0 atom stereocenters. The van der Waals surface area contributed by atoms with E-state index in [0.717, 1.165) is 15.9 Å². The average molecular weight is 528 g/mol. The van der Waals surface area contributed by atoms with Gasteiger partial charge in [0, 0.05) is 30.2 Å². The predicted octanol–water partition coefficient (Wildman–Crippen LogP) is 6.17. The average Bonchev–Trinajstić information content (AvgIpc) is 2.77. The number of halogens is 6. The van der Waals surface area contributed by atoms with Crippen LogP contribution in [0.15, 0.2) is 54.6 Å². The molecule has 0 aromatic heterocycles. The van der Waals surface area contributed by atoms with Crippen LogP contribution in [0, 0.1) is 5.82 Å². The molecular formula is C24H19Cl2F4N3O2. The molecule has 0 fully saturated rings. The van der Waals surface area contributed by atoms with Crippen LogP contribution in [-0.2, 0) is 0 Å².